The van der Waals surface area contributed by atoms with Crippen molar-refractivity contribution in [3.05, 3.63) is 12.2 Å². The van der Waals surface area contributed by atoms with Gasteiger partial charge in [0, 0.05) is 0 Å². The number of allylic oxidation sites excluding steroid dienone is 1. The van der Waals surface area contributed by atoms with Crippen molar-refractivity contribution < 1.29 is 24.5 Å². The van der Waals surface area contributed by atoms with Gasteiger partial charge >= 0.3 is 5.97 Å². The lowest BCUT2D eigenvalue weighted by molar-refractivity contribution is -0.143. The van der Waals surface area contributed by atoms with E-state index in [4.69, 9.17) is 5.11 Å². The lowest BCUT2D eigenvalue weighted by Crippen LogP contribution is -2.19. The van der Waals surface area contributed by atoms with E-state index in [0.29, 0.717) is 6.42 Å². The molecule has 3 N–H and O–H groups in total. The molecular formula is C20H35FO4. The largest absolute Gasteiger partial charge is 0.479 e. The minimum atomic E-state index is -1.76. The predicted molar refractivity (Wildman–Crippen MR) is 97.1 cm³/mol. The van der Waals surface area contributed by atoms with E-state index < -0.39 is 18.2 Å². The van der Waals surface area contributed by atoms with Crippen LogP contribution in [0.3, 0.4) is 0 Å². The van der Waals surface area contributed by atoms with Crippen LogP contribution in [0.1, 0.15) is 71.6 Å². The number of aliphatic carboxylic acids is 1. The van der Waals surface area contributed by atoms with E-state index in [1.807, 2.05) is 6.08 Å². The van der Waals surface area contributed by atoms with Crippen LogP contribution in [0.25, 0.3) is 0 Å². The summed E-state index contributed by atoms with van der Waals surface area (Å²) in [5.74, 6) is -0.668. The van der Waals surface area contributed by atoms with Gasteiger partial charge in [0.2, 0.25) is 0 Å². The SMILES string of the molecule is CCCC(C)C(O)C=C[C@H]1CC[C@H](O)[C@@H]1CCCCCC(F)C(=O)O. The maximum atomic E-state index is 13.0. The number of aliphatic hydroxyl groups excluding tert-OH is 2. The van der Waals surface area contributed by atoms with Gasteiger partial charge < -0.3 is 15.3 Å². The molecule has 146 valence electrons. The van der Waals surface area contributed by atoms with Gasteiger partial charge in [-0.05, 0) is 56.3 Å². The van der Waals surface area contributed by atoms with Crippen molar-refractivity contribution in [3.8, 4) is 0 Å². The third kappa shape index (κ3) is 7.87. The maximum absolute atomic E-state index is 13.0. The van der Waals surface area contributed by atoms with Crippen LogP contribution < -0.4 is 0 Å². The summed E-state index contributed by atoms with van der Waals surface area (Å²) in [6, 6.07) is 0. The Labute approximate surface area is 151 Å². The summed E-state index contributed by atoms with van der Waals surface area (Å²) in [5, 5.41) is 28.9. The molecule has 4 nitrogen and oxygen atoms in total. The first kappa shape index (κ1) is 22.1. The first-order chi connectivity index (χ1) is 11.9. The molecule has 0 aromatic heterocycles. The second-order valence-electron chi connectivity index (χ2n) is 7.56. The topological polar surface area (TPSA) is 77.8 Å². The number of hydrogen-bond donors (Lipinski definition) is 3. The van der Waals surface area contributed by atoms with Gasteiger partial charge in [-0.25, -0.2) is 9.18 Å². The first-order valence-corrected chi connectivity index (χ1v) is 9.78. The molecule has 0 heterocycles. The van der Waals surface area contributed by atoms with Gasteiger partial charge in [-0.15, -0.1) is 0 Å². The Morgan fingerprint density at radius 2 is 1.96 bits per heavy atom. The second-order valence-corrected chi connectivity index (χ2v) is 7.56. The highest BCUT2D eigenvalue weighted by Gasteiger charge is 2.32. The minimum Gasteiger partial charge on any atom is -0.479 e. The van der Waals surface area contributed by atoms with Crippen molar-refractivity contribution in [2.45, 2.75) is 90.0 Å². The highest BCUT2D eigenvalue weighted by atomic mass is 19.1. The van der Waals surface area contributed by atoms with Crippen molar-refractivity contribution in [2.24, 2.45) is 17.8 Å². The smallest absolute Gasteiger partial charge is 0.338 e. The summed E-state index contributed by atoms with van der Waals surface area (Å²) in [5.41, 5.74) is 0. The molecule has 0 amide bonds. The number of halogens is 1. The van der Waals surface area contributed by atoms with E-state index in [0.717, 1.165) is 44.9 Å². The van der Waals surface area contributed by atoms with Crippen LogP contribution in [-0.4, -0.2) is 39.7 Å². The number of carbonyl (C=O) groups is 1. The van der Waals surface area contributed by atoms with Crippen LogP contribution in [0, 0.1) is 17.8 Å². The average Bonchev–Trinajstić information content (AvgIpc) is 2.92. The van der Waals surface area contributed by atoms with E-state index in [9.17, 15) is 19.4 Å². The fraction of sp³-hybridized carbons (Fsp3) is 0.850. The molecule has 1 rings (SSSR count). The zero-order valence-electron chi connectivity index (χ0n) is 15.6. The Kier molecular flexibility index (Phi) is 10.3. The van der Waals surface area contributed by atoms with E-state index in [2.05, 4.69) is 19.9 Å². The van der Waals surface area contributed by atoms with Crippen molar-refractivity contribution in [2.75, 3.05) is 0 Å². The molecule has 0 aromatic carbocycles. The highest BCUT2D eigenvalue weighted by molar-refractivity contribution is 5.71. The van der Waals surface area contributed by atoms with Crippen LogP contribution >= 0.6 is 0 Å². The van der Waals surface area contributed by atoms with Gasteiger partial charge in [-0.2, -0.15) is 0 Å². The molecule has 1 fully saturated rings. The second kappa shape index (κ2) is 11.6. The number of alkyl halides is 1. The lowest BCUT2D eigenvalue weighted by atomic mass is 9.88. The molecule has 1 aliphatic rings. The van der Waals surface area contributed by atoms with E-state index in [1.165, 1.54) is 0 Å². The summed E-state index contributed by atoms with van der Waals surface area (Å²) in [4.78, 5) is 10.4. The van der Waals surface area contributed by atoms with Crippen molar-refractivity contribution in [1.29, 1.82) is 0 Å². The van der Waals surface area contributed by atoms with Gasteiger partial charge in [0.1, 0.15) is 0 Å². The van der Waals surface area contributed by atoms with Crippen LogP contribution in [0.4, 0.5) is 4.39 Å². The van der Waals surface area contributed by atoms with E-state index in [1.54, 1.807) is 0 Å². The normalized spacial score (nSPS) is 27.5. The Morgan fingerprint density at radius 1 is 1.24 bits per heavy atom. The Balaban J connectivity index is 2.37. The number of rotatable bonds is 12. The van der Waals surface area contributed by atoms with E-state index in [-0.39, 0.29) is 30.3 Å². The van der Waals surface area contributed by atoms with Crippen LogP contribution in [0.2, 0.25) is 0 Å². The Morgan fingerprint density at radius 3 is 2.60 bits per heavy atom. The molecule has 3 unspecified atom stereocenters. The fourth-order valence-electron chi connectivity index (χ4n) is 3.80. The molecule has 25 heavy (non-hydrogen) atoms. The standard InChI is InChI=1S/C20H35FO4/c1-3-7-14(2)18(22)12-10-15-11-13-19(23)16(15)8-5-4-6-9-17(21)20(24)25/h10,12,14-19,22-23H,3-9,11,13H2,1-2H3,(H,24,25)/t14?,15-,16+,17?,18?,19-/m0/s1. The molecule has 0 aliphatic heterocycles. The number of hydrogen-bond acceptors (Lipinski definition) is 3. The monoisotopic (exact) mass is 358 g/mol. The summed E-state index contributed by atoms with van der Waals surface area (Å²) >= 11 is 0. The molecule has 1 aliphatic carbocycles. The summed E-state index contributed by atoms with van der Waals surface area (Å²) in [6.07, 6.45) is 8.34. The third-order valence-corrected chi connectivity index (χ3v) is 5.49. The van der Waals surface area contributed by atoms with E-state index >= 15 is 0 Å². The Bertz CT molecular complexity index is 413. The van der Waals surface area contributed by atoms with Gasteiger partial charge in [0.05, 0.1) is 12.2 Å². The maximum Gasteiger partial charge on any atom is 0.338 e. The molecule has 0 saturated heterocycles. The van der Waals surface area contributed by atoms with Gasteiger partial charge in [0.25, 0.3) is 0 Å². The summed E-state index contributed by atoms with van der Waals surface area (Å²) in [6.45, 7) is 4.16. The van der Waals surface area contributed by atoms with Crippen molar-refractivity contribution in [1.82, 2.24) is 0 Å². The Hall–Kier alpha value is -0.940. The van der Waals surface area contributed by atoms with Gasteiger partial charge in [-0.1, -0.05) is 45.3 Å². The molecule has 1 saturated carbocycles. The molecule has 0 aromatic rings. The molecule has 6 atom stereocenters. The fourth-order valence-corrected chi connectivity index (χ4v) is 3.80. The quantitative estimate of drug-likeness (QED) is 0.362. The van der Waals surface area contributed by atoms with Gasteiger partial charge in [-0.3, -0.25) is 0 Å². The summed E-state index contributed by atoms with van der Waals surface area (Å²) < 4.78 is 13.0. The van der Waals surface area contributed by atoms with Gasteiger partial charge in [0.15, 0.2) is 6.17 Å². The van der Waals surface area contributed by atoms with Crippen molar-refractivity contribution >= 4 is 5.97 Å². The zero-order valence-corrected chi connectivity index (χ0v) is 15.6. The number of aliphatic hydroxyl groups is 2. The predicted octanol–water partition coefficient (Wildman–Crippen LogP) is 4.10. The van der Waals surface area contributed by atoms with Crippen molar-refractivity contribution in [3.63, 3.8) is 0 Å². The molecule has 0 bridgehead atoms. The number of carboxylic acids is 1. The highest BCUT2D eigenvalue weighted by Crippen LogP contribution is 2.37. The number of carboxylic acid groups (broad SMARTS) is 1. The zero-order chi connectivity index (χ0) is 18.8. The molecule has 0 radical (unpaired) electrons. The molecule has 5 heteroatoms. The minimum absolute atomic E-state index is 0.0629. The molecular weight excluding hydrogens is 323 g/mol. The lowest BCUT2D eigenvalue weighted by Gasteiger charge is -2.21. The van der Waals surface area contributed by atoms with Crippen LogP contribution in [0.5, 0.6) is 0 Å². The third-order valence-electron chi connectivity index (χ3n) is 5.49. The van der Waals surface area contributed by atoms with Crippen LogP contribution in [0.15, 0.2) is 12.2 Å². The summed E-state index contributed by atoms with van der Waals surface area (Å²) in [7, 11) is 0. The molecule has 0 spiro atoms. The first-order valence-electron chi connectivity index (χ1n) is 9.78. The average molecular weight is 358 g/mol. The van der Waals surface area contributed by atoms with Crippen LogP contribution in [-0.2, 0) is 4.79 Å². The number of unbranched alkanes of at least 4 members (excludes halogenated alkanes) is 2.